The minimum absolute atomic E-state index is 0.0421. The van der Waals surface area contributed by atoms with Crippen LogP contribution in [0.1, 0.15) is 27.3 Å². The molecule has 0 saturated carbocycles. The van der Waals surface area contributed by atoms with Crippen molar-refractivity contribution in [2.45, 2.75) is 26.4 Å². The Balaban J connectivity index is 1.36. The fourth-order valence-electron chi connectivity index (χ4n) is 4.43. The molecule has 0 radical (unpaired) electrons. The highest BCUT2D eigenvalue weighted by atomic mass is 19.1. The summed E-state index contributed by atoms with van der Waals surface area (Å²) in [6.07, 6.45) is 0. The molecule has 5 rings (SSSR count). The van der Waals surface area contributed by atoms with E-state index in [2.05, 4.69) is 20.2 Å². The smallest absolute Gasteiger partial charge is 0.272 e. The molecule has 0 spiro atoms. The molecule has 2 saturated heterocycles. The highest BCUT2D eigenvalue weighted by Crippen LogP contribution is 2.29. The van der Waals surface area contributed by atoms with Crippen LogP contribution in [0.4, 0.5) is 10.2 Å². The number of aryl methyl sites for hydroxylation is 2. The molecule has 2 fully saturated rings. The SMILES string of the molecule is Cc1[nH]c2c(NCc3ccc(F)cc3)nc(C(=O)N3CC(N4CCOCC4)C3)cc2c1C. The topological polar surface area (TPSA) is 73.5 Å². The van der Waals surface area contributed by atoms with Gasteiger partial charge in [0.2, 0.25) is 0 Å². The predicted molar refractivity (Wildman–Crippen MR) is 121 cm³/mol. The minimum Gasteiger partial charge on any atom is -0.379 e. The van der Waals surface area contributed by atoms with Crippen LogP contribution < -0.4 is 5.32 Å². The number of H-pyrrole nitrogens is 1. The van der Waals surface area contributed by atoms with Crippen molar-refractivity contribution in [1.29, 1.82) is 0 Å². The van der Waals surface area contributed by atoms with Crippen LogP contribution in [-0.4, -0.2) is 71.1 Å². The number of carbonyl (C=O) groups excluding carboxylic acids is 1. The molecule has 2 aromatic heterocycles. The van der Waals surface area contributed by atoms with Gasteiger partial charge < -0.3 is 19.9 Å². The van der Waals surface area contributed by atoms with Crippen molar-refractivity contribution in [3.63, 3.8) is 0 Å². The summed E-state index contributed by atoms with van der Waals surface area (Å²) in [5.41, 5.74) is 4.42. The van der Waals surface area contributed by atoms with E-state index >= 15 is 0 Å². The number of likely N-dealkylation sites (tertiary alicyclic amines) is 1. The molecule has 0 aliphatic carbocycles. The molecular weight excluding hydrogens is 409 g/mol. The number of aromatic nitrogens is 2. The largest absolute Gasteiger partial charge is 0.379 e. The highest BCUT2D eigenvalue weighted by molar-refractivity contribution is 6.01. The number of nitrogens with one attached hydrogen (secondary N) is 2. The lowest BCUT2D eigenvalue weighted by atomic mass is 10.1. The van der Waals surface area contributed by atoms with Crippen molar-refractivity contribution in [2.24, 2.45) is 0 Å². The fraction of sp³-hybridized carbons (Fsp3) is 0.417. The first-order chi connectivity index (χ1) is 15.5. The van der Waals surface area contributed by atoms with Crippen LogP contribution in [-0.2, 0) is 11.3 Å². The van der Waals surface area contributed by atoms with Crippen LogP contribution in [0.3, 0.4) is 0 Å². The van der Waals surface area contributed by atoms with Gasteiger partial charge in [0.15, 0.2) is 5.82 Å². The Morgan fingerprint density at radius 3 is 2.66 bits per heavy atom. The molecule has 2 aliphatic heterocycles. The highest BCUT2D eigenvalue weighted by Gasteiger charge is 2.36. The number of benzene rings is 1. The molecule has 2 aliphatic rings. The molecule has 1 amide bonds. The molecule has 3 aromatic rings. The average Bonchev–Trinajstić information content (AvgIpc) is 3.06. The monoisotopic (exact) mass is 437 g/mol. The second kappa shape index (κ2) is 8.52. The standard InChI is InChI=1S/C24H28FN5O2/c1-15-16(2)27-22-20(15)11-21(28-23(22)26-12-17-3-5-18(25)6-4-17)24(31)30-13-19(14-30)29-7-9-32-10-8-29/h3-6,11,19,27H,7-10,12-14H2,1-2H3,(H,26,28). The summed E-state index contributed by atoms with van der Waals surface area (Å²) in [5, 5.41) is 4.33. The van der Waals surface area contributed by atoms with Gasteiger partial charge in [0.05, 0.1) is 18.7 Å². The van der Waals surface area contributed by atoms with Crippen molar-refractivity contribution >= 4 is 22.6 Å². The van der Waals surface area contributed by atoms with E-state index in [0.717, 1.165) is 67.1 Å². The van der Waals surface area contributed by atoms with Gasteiger partial charge in [-0.05, 0) is 43.2 Å². The number of fused-ring (bicyclic) bond motifs is 1. The summed E-state index contributed by atoms with van der Waals surface area (Å²) in [7, 11) is 0. The Morgan fingerprint density at radius 1 is 1.22 bits per heavy atom. The maximum Gasteiger partial charge on any atom is 0.272 e. The summed E-state index contributed by atoms with van der Waals surface area (Å²) >= 11 is 0. The van der Waals surface area contributed by atoms with E-state index in [-0.39, 0.29) is 11.7 Å². The second-order valence-electron chi connectivity index (χ2n) is 8.65. The van der Waals surface area contributed by atoms with Crippen molar-refractivity contribution in [1.82, 2.24) is 19.8 Å². The van der Waals surface area contributed by atoms with Crippen LogP contribution in [0.25, 0.3) is 10.9 Å². The molecular formula is C24H28FN5O2. The number of aromatic amines is 1. The fourth-order valence-corrected chi connectivity index (χ4v) is 4.43. The number of carbonyl (C=O) groups is 1. The van der Waals surface area contributed by atoms with Gasteiger partial charge in [-0.2, -0.15) is 0 Å². The Morgan fingerprint density at radius 2 is 1.94 bits per heavy atom. The number of hydrogen-bond acceptors (Lipinski definition) is 5. The van der Waals surface area contributed by atoms with Crippen molar-refractivity contribution in [2.75, 3.05) is 44.7 Å². The number of amides is 1. The van der Waals surface area contributed by atoms with E-state index in [1.54, 1.807) is 12.1 Å². The van der Waals surface area contributed by atoms with Crippen LogP contribution in [0.2, 0.25) is 0 Å². The first-order valence-electron chi connectivity index (χ1n) is 11.1. The molecule has 32 heavy (non-hydrogen) atoms. The number of halogens is 1. The normalized spacial score (nSPS) is 17.5. The van der Waals surface area contributed by atoms with Gasteiger partial charge in [0.1, 0.15) is 11.5 Å². The number of hydrogen-bond donors (Lipinski definition) is 2. The van der Waals surface area contributed by atoms with E-state index < -0.39 is 0 Å². The third kappa shape index (κ3) is 3.96. The molecule has 7 nitrogen and oxygen atoms in total. The molecule has 2 N–H and O–H groups in total. The van der Waals surface area contributed by atoms with Crippen LogP contribution in [0.15, 0.2) is 30.3 Å². The molecule has 0 atom stereocenters. The zero-order valence-electron chi connectivity index (χ0n) is 18.4. The van der Waals surface area contributed by atoms with Crippen LogP contribution >= 0.6 is 0 Å². The molecule has 168 valence electrons. The lowest BCUT2D eigenvalue weighted by molar-refractivity contribution is -0.0257. The number of morpholine rings is 1. The van der Waals surface area contributed by atoms with Gasteiger partial charge in [-0.25, -0.2) is 9.37 Å². The lowest BCUT2D eigenvalue weighted by Crippen LogP contribution is -2.62. The van der Waals surface area contributed by atoms with Gasteiger partial charge in [-0.15, -0.1) is 0 Å². The lowest BCUT2D eigenvalue weighted by Gasteiger charge is -2.46. The van der Waals surface area contributed by atoms with Crippen LogP contribution in [0.5, 0.6) is 0 Å². The third-order valence-corrected chi connectivity index (χ3v) is 6.60. The number of anilines is 1. The summed E-state index contributed by atoms with van der Waals surface area (Å²) < 4.78 is 18.6. The molecule has 1 aromatic carbocycles. The molecule has 4 heterocycles. The zero-order valence-corrected chi connectivity index (χ0v) is 18.4. The van der Waals surface area contributed by atoms with Crippen molar-refractivity contribution in [3.8, 4) is 0 Å². The van der Waals surface area contributed by atoms with Gasteiger partial charge in [-0.1, -0.05) is 12.1 Å². The molecule has 0 bridgehead atoms. The Hall–Kier alpha value is -2.97. The Bertz CT molecular complexity index is 1130. The Kier molecular flexibility index (Phi) is 5.57. The third-order valence-electron chi connectivity index (χ3n) is 6.60. The van der Waals surface area contributed by atoms with Gasteiger partial charge >= 0.3 is 0 Å². The number of ether oxygens (including phenoxy) is 1. The second-order valence-corrected chi connectivity index (χ2v) is 8.65. The van der Waals surface area contributed by atoms with E-state index in [4.69, 9.17) is 4.74 Å². The summed E-state index contributed by atoms with van der Waals surface area (Å²) in [6.45, 7) is 9.37. The molecule has 0 unspecified atom stereocenters. The zero-order chi connectivity index (χ0) is 22.2. The summed E-state index contributed by atoms with van der Waals surface area (Å²) in [5.74, 6) is 0.332. The minimum atomic E-state index is -0.262. The van der Waals surface area contributed by atoms with E-state index in [0.29, 0.717) is 24.1 Å². The van der Waals surface area contributed by atoms with E-state index in [1.165, 1.54) is 12.1 Å². The number of pyridine rings is 1. The predicted octanol–water partition coefficient (Wildman–Crippen LogP) is 3.09. The van der Waals surface area contributed by atoms with Crippen molar-refractivity contribution < 1.29 is 13.9 Å². The van der Waals surface area contributed by atoms with Gasteiger partial charge in [0.25, 0.3) is 5.91 Å². The van der Waals surface area contributed by atoms with E-state index in [1.807, 2.05) is 24.8 Å². The Labute approximate surface area is 186 Å². The summed E-state index contributed by atoms with van der Waals surface area (Å²) in [6, 6.07) is 8.66. The number of nitrogens with zero attached hydrogens (tertiary/aromatic N) is 3. The van der Waals surface area contributed by atoms with E-state index in [9.17, 15) is 9.18 Å². The van der Waals surface area contributed by atoms with Crippen LogP contribution in [0, 0.1) is 19.7 Å². The summed E-state index contributed by atoms with van der Waals surface area (Å²) in [4.78, 5) is 25.6. The van der Waals surface area contributed by atoms with Gasteiger partial charge in [-0.3, -0.25) is 9.69 Å². The average molecular weight is 438 g/mol. The first-order valence-corrected chi connectivity index (χ1v) is 11.1. The quantitative estimate of drug-likeness (QED) is 0.642. The maximum absolute atomic E-state index is 13.2. The van der Waals surface area contributed by atoms with Crippen molar-refractivity contribution in [3.05, 3.63) is 58.7 Å². The molecule has 8 heteroatoms. The number of rotatable bonds is 5. The van der Waals surface area contributed by atoms with Gasteiger partial charge in [0, 0.05) is 49.8 Å². The maximum atomic E-state index is 13.2. The first kappa shape index (κ1) is 20.9.